The van der Waals surface area contributed by atoms with Crippen LogP contribution >= 0.6 is 11.7 Å². The van der Waals surface area contributed by atoms with Gasteiger partial charge in [0.05, 0.1) is 53.1 Å². The number of hydrogen-bond donors (Lipinski definition) is 1. The second kappa shape index (κ2) is 7.61. The van der Waals surface area contributed by atoms with Gasteiger partial charge in [-0.25, -0.2) is 4.90 Å². The molecule has 12 heteroatoms. The van der Waals surface area contributed by atoms with Gasteiger partial charge in [0.2, 0.25) is 18.6 Å². The molecule has 4 aliphatic heterocycles. The Morgan fingerprint density at radius 2 is 1.95 bits per heavy atom. The first-order valence-corrected chi connectivity index (χ1v) is 12.5. The minimum Gasteiger partial charge on any atom is -0.493 e. The van der Waals surface area contributed by atoms with Crippen LogP contribution in [-0.2, 0) is 14.3 Å². The van der Waals surface area contributed by atoms with E-state index in [1.165, 1.54) is 6.07 Å². The summed E-state index contributed by atoms with van der Waals surface area (Å²) in [5, 5.41) is 20.3. The molecule has 0 aliphatic carbocycles. The average Bonchev–Trinajstić information content (AvgIpc) is 3.67. The summed E-state index contributed by atoms with van der Waals surface area (Å²) in [5.74, 6) is -0.693. The number of anilines is 1. The van der Waals surface area contributed by atoms with Gasteiger partial charge >= 0.3 is 0 Å². The lowest BCUT2D eigenvalue weighted by Gasteiger charge is -2.33. The number of amides is 2. The summed E-state index contributed by atoms with van der Waals surface area (Å²) in [7, 11) is 0. The van der Waals surface area contributed by atoms with E-state index in [-0.39, 0.29) is 25.5 Å². The summed E-state index contributed by atoms with van der Waals surface area (Å²) in [4.78, 5) is 28.8. The van der Waals surface area contributed by atoms with Gasteiger partial charge in [0.25, 0.3) is 0 Å². The van der Waals surface area contributed by atoms with Crippen LogP contribution < -0.4 is 19.1 Å². The molecule has 7 rings (SSSR count). The maximum atomic E-state index is 13.9. The normalized spacial score (nSPS) is 31.3. The van der Waals surface area contributed by atoms with Crippen LogP contribution in [0.4, 0.5) is 5.69 Å². The van der Waals surface area contributed by atoms with Crippen molar-refractivity contribution in [3.05, 3.63) is 35.9 Å². The van der Waals surface area contributed by atoms with Crippen molar-refractivity contribution in [2.75, 3.05) is 18.3 Å². The van der Waals surface area contributed by atoms with E-state index in [0.29, 0.717) is 40.3 Å². The fourth-order valence-electron chi connectivity index (χ4n) is 6.29. The molecule has 1 N–H and O–H groups in total. The molecule has 0 radical (unpaired) electrons. The highest BCUT2D eigenvalue weighted by Crippen LogP contribution is 2.62. The fraction of sp³-hybridized carbons (Fsp3) is 0.400. The highest BCUT2D eigenvalue weighted by molar-refractivity contribution is 7.00. The molecule has 11 nitrogen and oxygen atoms in total. The molecular weight excluding hydrogens is 500 g/mol. The monoisotopic (exact) mass is 520 g/mol. The molecule has 3 aromatic rings. The van der Waals surface area contributed by atoms with Crippen LogP contribution in [0.2, 0.25) is 0 Å². The van der Waals surface area contributed by atoms with Gasteiger partial charge in [-0.3, -0.25) is 9.59 Å². The highest BCUT2D eigenvalue weighted by Gasteiger charge is 2.77. The first-order valence-electron chi connectivity index (χ1n) is 11.8. The number of benzene rings is 2. The quantitative estimate of drug-likeness (QED) is 0.497. The second-order valence-electron chi connectivity index (χ2n) is 9.86. The van der Waals surface area contributed by atoms with Crippen molar-refractivity contribution in [1.29, 1.82) is 5.26 Å². The number of rotatable bonds is 5. The maximum Gasteiger partial charge on any atom is 0.240 e. The Balaban J connectivity index is 1.20. The lowest BCUT2D eigenvalue weighted by Crippen LogP contribution is -2.49. The number of ether oxygens (including phenoxy) is 4. The minimum atomic E-state index is -1.21. The molecule has 0 unspecified atom stereocenters. The largest absolute Gasteiger partial charge is 0.493 e. The van der Waals surface area contributed by atoms with Crippen LogP contribution in [0.5, 0.6) is 17.2 Å². The van der Waals surface area contributed by atoms with Crippen LogP contribution in [0.25, 0.3) is 11.0 Å². The molecule has 0 spiro atoms. The van der Waals surface area contributed by atoms with Gasteiger partial charge in [0.1, 0.15) is 28.5 Å². The van der Waals surface area contributed by atoms with Crippen LogP contribution in [0.15, 0.2) is 30.3 Å². The molecule has 2 aromatic carbocycles. The predicted molar refractivity (Wildman–Crippen MR) is 127 cm³/mol. The molecule has 2 bridgehead atoms. The summed E-state index contributed by atoms with van der Waals surface area (Å²) < 4.78 is 31.5. The Morgan fingerprint density at radius 3 is 2.78 bits per heavy atom. The maximum absolute atomic E-state index is 13.9. The summed E-state index contributed by atoms with van der Waals surface area (Å²) in [5.41, 5.74) is -1.00. The predicted octanol–water partition coefficient (Wildman–Crippen LogP) is 2.16. The number of nitriles is 1. The van der Waals surface area contributed by atoms with E-state index in [9.17, 15) is 20.0 Å². The molecule has 0 saturated carbocycles. The summed E-state index contributed by atoms with van der Waals surface area (Å²) >= 11 is 0.909. The number of aromatic nitrogens is 2. The molecule has 5 heterocycles. The molecule has 2 amide bonds. The number of fused-ring (bicyclic) bond motifs is 7. The van der Waals surface area contributed by atoms with Crippen LogP contribution in [-0.4, -0.2) is 56.4 Å². The molecule has 37 heavy (non-hydrogen) atoms. The van der Waals surface area contributed by atoms with Gasteiger partial charge in [0, 0.05) is 18.9 Å². The van der Waals surface area contributed by atoms with Crippen LogP contribution in [0.1, 0.15) is 25.3 Å². The van der Waals surface area contributed by atoms with Gasteiger partial charge in [-0.05, 0) is 31.2 Å². The van der Waals surface area contributed by atoms with E-state index in [0.717, 1.165) is 16.6 Å². The zero-order valence-electron chi connectivity index (χ0n) is 19.5. The number of imide groups is 1. The van der Waals surface area contributed by atoms with Gasteiger partial charge in [-0.15, -0.1) is 0 Å². The number of aliphatic hydroxyl groups excluding tert-OH is 1. The van der Waals surface area contributed by atoms with Crippen molar-refractivity contribution in [3.8, 4) is 23.3 Å². The Bertz CT molecular complexity index is 1530. The SMILES string of the molecule is C[C@@]12O[C@@](CCOc3ccc4c(c3)OCO4)(C[C@H]1O)[C@@H]1C(=O)N(c3ccc(C#N)c4nsnc34)C(=O)[C@@H]12. The van der Waals surface area contributed by atoms with Gasteiger partial charge < -0.3 is 24.1 Å². The minimum absolute atomic E-state index is 0.157. The number of carbonyl (C=O) groups excluding carboxylic acids is 2. The number of nitrogens with zero attached hydrogens (tertiary/aromatic N) is 4. The smallest absolute Gasteiger partial charge is 0.240 e. The highest BCUT2D eigenvalue weighted by atomic mass is 32.1. The van der Waals surface area contributed by atoms with E-state index < -0.39 is 41.0 Å². The lowest BCUT2D eigenvalue weighted by atomic mass is 9.66. The third kappa shape index (κ3) is 2.93. The zero-order chi connectivity index (χ0) is 25.5. The van der Waals surface area contributed by atoms with E-state index in [1.807, 2.05) is 0 Å². The van der Waals surface area contributed by atoms with Crippen molar-refractivity contribution in [2.45, 2.75) is 37.1 Å². The molecule has 3 fully saturated rings. The number of carbonyl (C=O) groups is 2. The topological polar surface area (TPSA) is 144 Å². The Hall–Kier alpha value is -3.79. The third-order valence-electron chi connectivity index (χ3n) is 8.01. The van der Waals surface area contributed by atoms with Gasteiger partial charge in [-0.2, -0.15) is 14.0 Å². The average molecular weight is 521 g/mol. The number of hydrogen-bond acceptors (Lipinski definition) is 11. The molecule has 3 saturated heterocycles. The molecule has 188 valence electrons. The van der Waals surface area contributed by atoms with Gasteiger partial charge in [0.15, 0.2) is 11.5 Å². The van der Waals surface area contributed by atoms with Gasteiger partial charge in [-0.1, -0.05) is 0 Å². The summed E-state index contributed by atoms with van der Waals surface area (Å²) in [6.45, 7) is 2.05. The van der Waals surface area contributed by atoms with E-state index in [1.54, 1.807) is 31.2 Å². The van der Waals surface area contributed by atoms with Crippen molar-refractivity contribution in [1.82, 2.24) is 8.75 Å². The molecular formula is C25H20N4O7S. The Kier molecular flexibility index (Phi) is 4.61. The first-order chi connectivity index (χ1) is 17.9. The van der Waals surface area contributed by atoms with Crippen molar-refractivity contribution in [3.63, 3.8) is 0 Å². The van der Waals surface area contributed by atoms with E-state index in [2.05, 4.69) is 14.8 Å². The first kappa shape index (κ1) is 22.4. The molecule has 1 aromatic heterocycles. The van der Waals surface area contributed by atoms with Crippen molar-refractivity contribution < 1.29 is 33.6 Å². The second-order valence-corrected chi connectivity index (χ2v) is 10.4. The third-order valence-corrected chi connectivity index (χ3v) is 8.54. The fourth-order valence-corrected chi connectivity index (χ4v) is 6.86. The van der Waals surface area contributed by atoms with E-state index >= 15 is 0 Å². The number of aliphatic hydroxyl groups is 1. The van der Waals surface area contributed by atoms with Crippen LogP contribution in [0.3, 0.4) is 0 Å². The Morgan fingerprint density at radius 1 is 1.16 bits per heavy atom. The van der Waals surface area contributed by atoms with Crippen molar-refractivity contribution in [2.24, 2.45) is 11.8 Å². The Labute approximate surface area is 214 Å². The standard InChI is InChI=1S/C25H20N4O7S/c1-24-17(30)9-25(36-24,6-7-33-13-3-5-15-16(8-13)35-11-34-15)19-18(24)22(31)29(23(19)32)14-4-2-12(10-26)20-21(14)28-37-27-20/h2-5,8,17-19,30H,6-7,9,11H2,1H3/t17-,18-,19+,24-,25+/m1/s1. The summed E-state index contributed by atoms with van der Waals surface area (Å²) in [6.07, 6.45) is -0.412. The molecule has 4 aliphatic rings. The zero-order valence-corrected chi connectivity index (χ0v) is 20.4. The summed E-state index contributed by atoms with van der Waals surface area (Å²) in [6, 6.07) is 10.4. The van der Waals surface area contributed by atoms with Crippen molar-refractivity contribution >= 4 is 40.3 Å². The lowest BCUT2D eigenvalue weighted by molar-refractivity contribution is -0.134. The van der Waals surface area contributed by atoms with E-state index in [4.69, 9.17) is 18.9 Å². The van der Waals surface area contributed by atoms with Crippen LogP contribution in [0, 0.1) is 23.2 Å². The molecule has 5 atom stereocenters.